The van der Waals surface area contributed by atoms with Crippen LogP contribution in [-0.4, -0.2) is 0 Å². The van der Waals surface area contributed by atoms with Crippen LogP contribution >= 0.6 is 0 Å². The van der Waals surface area contributed by atoms with Crippen LogP contribution in [0.25, 0.3) is 11.1 Å². The molecule has 164 valence electrons. The molecule has 0 saturated heterocycles. The molecule has 4 rings (SSSR count). The number of benzene rings is 4. The number of rotatable bonds is 7. The van der Waals surface area contributed by atoms with Gasteiger partial charge in [0.15, 0.2) is 0 Å². The molecular formula is C30H25F2N. The van der Waals surface area contributed by atoms with Crippen LogP contribution in [0.15, 0.2) is 91.0 Å². The number of hydrogen-bond donors (Lipinski definition) is 0. The molecule has 0 aliphatic rings. The van der Waals surface area contributed by atoms with E-state index in [0.29, 0.717) is 11.5 Å². The van der Waals surface area contributed by atoms with Crippen molar-refractivity contribution in [3.05, 3.63) is 130 Å². The molecule has 0 aromatic heterocycles. The van der Waals surface area contributed by atoms with Crippen LogP contribution in [0.3, 0.4) is 0 Å². The smallest absolute Gasteiger partial charge is 0.144 e. The topological polar surface area (TPSA) is 23.8 Å². The Labute approximate surface area is 194 Å². The quantitative estimate of drug-likeness (QED) is 0.291. The maximum atomic E-state index is 13.9. The molecule has 3 heteroatoms. The second kappa shape index (κ2) is 10.2. The Morgan fingerprint density at radius 2 is 1.21 bits per heavy atom. The molecule has 0 N–H and O–H groups in total. The maximum Gasteiger partial charge on any atom is 0.144 e. The zero-order valence-corrected chi connectivity index (χ0v) is 18.6. The Morgan fingerprint density at radius 1 is 0.697 bits per heavy atom. The summed E-state index contributed by atoms with van der Waals surface area (Å²) in [5.74, 6) is -1.19. The minimum Gasteiger partial charge on any atom is -0.205 e. The van der Waals surface area contributed by atoms with E-state index in [1.165, 1.54) is 28.8 Å². The van der Waals surface area contributed by atoms with Crippen LogP contribution in [0.5, 0.6) is 0 Å². The van der Waals surface area contributed by atoms with Gasteiger partial charge in [-0.15, -0.1) is 0 Å². The van der Waals surface area contributed by atoms with Crippen molar-refractivity contribution in [2.75, 3.05) is 0 Å². The normalized spacial score (nSPS) is 11.7. The van der Waals surface area contributed by atoms with Gasteiger partial charge in [-0.25, -0.2) is 8.78 Å². The summed E-state index contributed by atoms with van der Waals surface area (Å²) in [6, 6.07) is 31.1. The molecule has 1 nitrogen and oxygen atoms in total. The standard InChI is InChI=1S/C30H25F2N/c1-21(25-5-3-2-4-6-25)17-24-11-9-22(10-12-24)7-8-23-13-15-26(16-14-23)27-18-29(31)28(20-33)30(32)19-27/h2-6,9-16,18-19,21H,7-8,17H2,1H3. The van der Waals surface area contributed by atoms with Gasteiger partial charge in [0.1, 0.15) is 23.3 Å². The molecule has 0 radical (unpaired) electrons. The van der Waals surface area contributed by atoms with Gasteiger partial charge >= 0.3 is 0 Å². The minimum atomic E-state index is -0.835. The molecule has 0 aliphatic carbocycles. The summed E-state index contributed by atoms with van der Waals surface area (Å²) in [6.07, 6.45) is 2.83. The first-order chi connectivity index (χ1) is 16.0. The first-order valence-electron chi connectivity index (χ1n) is 11.1. The fourth-order valence-electron chi connectivity index (χ4n) is 4.09. The SMILES string of the molecule is CC(Cc1ccc(CCc2ccc(-c3cc(F)c(C#N)c(F)c3)cc2)cc1)c1ccccc1. The van der Waals surface area contributed by atoms with Crippen molar-refractivity contribution in [2.45, 2.75) is 32.1 Å². The molecule has 0 amide bonds. The average Bonchev–Trinajstić information content (AvgIpc) is 2.84. The van der Waals surface area contributed by atoms with E-state index in [9.17, 15) is 8.78 Å². The van der Waals surface area contributed by atoms with Crippen molar-refractivity contribution >= 4 is 0 Å². The Balaban J connectivity index is 1.35. The van der Waals surface area contributed by atoms with Gasteiger partial charge in [-0.2, -0.15) is 5.26 Å². The van der Waals surface area contributed by atoms with Crippen molar-refractivity contribution in [2.24, 2.45) is 0 Å². The van der Waals surface area contributed by atoms with E-state index in [0.717, 1.165) is 30.4 Å². The van der Waals surface area contributed by atoms with E-state index < -0.39 is 17.2 Å². The van der Waals surface area contributed by atoms with Crippen molar-refractivity contribution in [3.63, 3.8) is 0 Å². The van der Waals surface area contributed by atoms with Crippen molar-refractivity contribution in [1.29, 1.82) is 5.26 Å². The van der Waals surface area contributed by atoms with Crippen LogP contribution < -0.4 is 0 Å². The highest BCUT2D eigenvalue weighted by molar-refractivity contribution is 5.65. The molecule has 4 aromatic rings. The van der Waals surface area contributed by atoms with E-state index >= 15 is 0 Å². The Morgan fingerprint density at radius 3 is 1.76 bits per heavy atom. The third kappa shape index (κ3) is 5.54. The molecule has 0 fully saturated rings. The van der Waals surface area contributed by atoms with Crippen LogP contribution in [0.1, 0.15) is 40.7 Å². The van der Waals surface area contributed by atoms with Crippen molar-refractivity contribution in [1.82, 2.24) is 0 Å². The van der Waals surface area contributed by atoms with Gasteiger partial charge in [-0.3, -0.25) is 0 Å². The summed E-state index contributed by atoms with van der Waals surface area (Å²) in [7, 11) is 0. The Hall–Kier alpha value is -3.77. The number of aryl methyl sites for hydroxylation is 2. The lowest BCUT2D eigenvalue weighted by molar-refractivity contribution is 0.577. The predicted molar refractivity (Wildman–Crippen MR) is 129 cm³/mol. The molecule has 0 bridgehead atoms. The molecule has 0 spiro atoms. The van der Waals surface area contributed by atoms with Crippen LogP contribution in [0.2, 0.25) is 0 Å². The number of nitriles is 1. The molecule has 0 saturated carbocycles. The van der Waals surface area contributed by atoms with Gasteiger partial charge in [0.25, 0.3) is 0 Å². The Bertz CT molecular complexity index is 1230. The van der Waals surface area contributed by atoms with Crippen molar-refractivity contribution in [3.8, 4) is 17.2 Å². The van der Waals surface area contributed by atoms with Gasteiger partial charge in [-0.1, -0.05) is 85.8 Å². The third-order valence-corrected chi connectivity index (χ3v) is 6.08. The first kappa shape index (κ1) is 22.4. The average molecular weight is 438 g/mol. The summed E-state index contributed by atoms with van der Waals surface area (Å²) in [5.41, 5.74) is 5.74. The van der Waals surface area contributed by atoms with Crippen LogP contribution in [-0.2, 0) is 19.3 Å². The first-order valence-corrected chi connectivity index (χ1v) is 11.1. The van der Waals surface area contributed by atoms with E-state index in [4.69, 9.17) is 5.26 Å². The summed E-state index contributed by atoms with van der Waals surface area (Å²) < 4.78 is 27.8. The van der Waals surface area contributed by atoms with E-state index in [1.807, 2.05) is 30.3 Å². The second-order valence-corrected chi connectivity index (χ2v) is 8.46. The van der Waals surface area contributed by atoms with Crippen molar-refractivity contribution < 1.29 is 8.78 Å². The second-order valence-electron chi connectivity index (χ2n) is 8.46. The van der Waals surface area contributed by atoms with E-state index in [-0.39, 0.29) is 0 Å². The lowest BCUT2D eigenvalue weighted by atomic mass is 9.93. The lowest BCUT2D eigenvalue weighted by Crippen LogP contribution is -1.99. The molecule has 0 heterocycles. The minimum absolute atomic E-state index is 0.427. The molecule has 1 unspecified atom stereocenters. The summed E-state index contributed by atoms with van der Waals surface area (Å²) in [6.45, 7) is 2.26. The van der Waals surface area contributed by atoms with Gasteiger partial charge < -0.3 is 0 Å². The monoisotopic (exact) mass is 437 g/mol. The van der Waals surface area contributed by atoms with Gasteiger partial charge in [-0.05, 0) is 70.7 Å². The summed E-state index contributed by atoms with van der Waals surface area (Å²) >= 11 is 0. The zero-order valence-electron chi connectivity index (χ0n) is 18.6. The van der Waals surface area contributed by atoms with Crippen LogP contribution in [0, 0.1) is 23.0 Å². The highest BCUT2D eigenvalue weighted by Gasteiger charge is 2.12. The summed E-state index contributed by atoms with van der Waals surface area (Å²) in [4.78, 5) is 0. The highest BCUT2D eigenvalue weighted by Crippen LogP contribution is 2.25. The van der Waals surface area contributed by atoms with Gasteiger partial charge in [0.2, 0.25) is 0 Å². The molecule has 33 heavy (non-hydrogen) atoms. The van der Waals surface area contributed by atoms with E-state index in [2.05, 4.69) is 55.5 Å². The maximum absolute atomic E-state index is 13.9. The summed E-state index contributed by atoms with van der Waals surface area (Å²) in [5, 5.41) is 8.82. The fraction of sp³-hybridized carbons (Fsp3) is 0.167. The highest BCUT2D eigenvalue weighted by atomic mass is 19.1. The number of nitrogens with zero attached hydrogens (tertiary/aromatic N) is 1. The fourth-order valence-corrected chi connectivity index (χ4v) is 4.09. The molecule has 4 aromatic carbocycles. The Kier molecular flexibility index (Phi) is 6.95. The lowest BCUT2D eigenvalue weighted by Gasteiger charge is -2.12. The van der Waals surface area contributed by atoms with Crippen LogP contribution in [0.4, 0.5) is 8.78 Å². The predicted octanol–water partition coefficient (Wildman–Crippen LogP) is 7.63. The third-order valence-electron chi connectivity index (χ3n) is 6.08. The number of halogens is 2. The van der Waals surface area contributed by atoms with Gasteiger partial charge in [0.05, 0.1) is 0 Å². The molecule has 1 atom stereocenters. The van der Waals surface area contributed by atoms with E-state index in [1.54, 1.807) is 6.07 Å². The number of hydrogen-bond acceptors (Lipinski definition) is 1. The zero-order chi connectivity index (χ0) is 23.2. The molecular weight excluding hydrogens is 412 g/mol. The largest absolute Gasteiger partial charge is 0.205 e. The molecule has 0 aliphatic heterocycles. The van der Waals surface area contributed by atoms with Gasteiger partial charge in [0, 0.05) is 0 Å².